The molecule has 1 aliphatic rings. The minimum atomic E-state index is -4.23. The van der Waals surface area contributed by atoms with E-state index in [1.165, 1.54) is 24.0 Å². The Hall–Kier alpha value is -1.90. The van der Waals surface area contributed by atoms with E-state index in [4.69, 9.17) is 0 Å². The number of hydrogen-bond acceptors (Lipinski definition) is 2. The highest BCUT2D eigenvalue weighted by atomic mass is 19.4. The van der Waals surface area contributed by atoms with Gasteiger partial charge in [0.15, 0.2) is 17.6 Å². The molecule has 1 N–H and O–H groups in total. The largest absolute Gasteiger partial charge is 0.403 e. The molecule has 1 aromatic rings. The summed E-state index contributed by atoms with van der Waals surface area (Å²) in [7, 11) is 1.61. The molecule has 0 radical (unpaired) electrons. The Morgan fingerprint density at radius 2 is 1.74 bits per heavy atom. The smallest absolute Gasteiger partial charge is 0.356 e. The minimum Gasteiger partial charge on any atom is -0.356 e. The summed E-state index contributed by atoms with van der Waals surface area (Å²) < 4.78 is 64.9. The summed E-state index contributed by atoms with van der Waals surface area (Å²) in [6.07, 6.45) is -4.23. The van der Waals surface area contributed by atoms with Gasteiger partial charge in [0.25, 0.3) is 0 Å². The van der Waals surface area contributed by atoms with Crippen molar-refractivity contribution >= 4 is 5.96 Å². The van der Waals surface area contributed by atoms with Crippen LogP contribution in [0.5, 0.6) is 0 Å². The highest BCUT2D eigenvalue weighted by molar-refractivity contribution is 5.80. The van der Waals surface area contributed by atoms with Gasteiger partial charge >= 0.3 is 6.18 Å². The van der Waals surface area contributed by atoms with E-state index in [0.29, 0.717) is 44.2 Å². The van der Waals surface area contributed by atoms with Crippen LogP contribution in [0.3, 0.4) is 0 Å². The number of halogens is 5. The highest BCUT2D eigenvalue weighted by Crippen LogP contribution is 2.25. The molecule has 1 heterocycles. The zero-order valence-corrected chi connectivity index (χ0v) is 15.7. The Balaban J connectivity index is 1.88. The van der Waals surface area contributed by atoms with Crippen molar-refractivity contribution in [2.45, 2.75) is 32.0 Å². The zero-order valence-electron chi connectivity index (χ0n) is 15.7. The topological polar surface area (TPSA) is 30.9 Å². The second-order valence-corrected chi connectivity index (χ2v) is 6.74. The predicted octanol–water partition coefficient (Wildman–Crippen LogP) is 3.21. The molecule has 2 rings (SSSR count). The summed E-state index contributed by atoms with van der Waals surface area (Å²) in [6, 6.07) is 2.33. The van der Waals surface area contributed by atoms with Crippen molar-refractivity contribution in [3.8, 4) is 0 Å². The Kier molecular flexibility index (Phi) is 7.02. The van der Waals surface area contributed by atoms with E-state index in [2.05, 4.69) is 10.3 Å². The van der Waals surface area contributed by atoms with Crippen LogP contribution in [0.15, 0.2) is 23.2 Å². The fraction of sp³-hybridized carbons (Fsp3) is 0.611. The second kappa shape index (κ2) is 8.86. The number of nitrogens with one attached hydrogen (secondary N) is 1. The molecule has 0 spiro atoms. The van der Waals surface area contributed by atoms with Crippen molar-refractivity contribution in [1.29, 1.82) is 0 Å². The summed E-state index contributed by atoms with van der Waals surface area (Å²) in [6.45, 7) is 4.93. The molecular weight excluding hydrogens is 367 g/mol. The normalized spacial score (nSPS) is 19.1. The first-order chi connectivity index (χ1) is 12.6. The number of hydrogen-bond donors (Lipinski definition) is 1. The third-order valence-corrected chi connectivity index (χ3v) is 4.93. The SMILES string of the molecule is CN=C(NCC(C)c1ccc(F)c(F)c1)N1CCN(C(C)C(F)(F)F)CC1. The van der Waals surface area contributed by atoms with Gasteiger partial charge in [0.05, 0.1) is 0 Å². The fourth-order valence-corrected chi connectivity index (χ4v) is 3.04. The number of rotatable bonds is 4. The summed E-state index contributed by atoms with van der Waals surface area (Å²) >= 11 is 0. The van der Waals surface area contributed by atoms with E-state index >= 15 is 0 Å². The average molecular weight is 392 g/mol. The van der Waals surface area contributed by atoms with Gasteiger partial charge in [0, 0.05) is 39.8 Å². The summed E-state index contributed by atoms with van der Waals surface area (Å²) in [5.74, 6) is -1.29. The van der Waals surface area contributed by atoms with Crippen molar-refractivity contribution in [1.82, 2.24) is 15.1 Å². The first kappa shape index (κ1) is 21.4. The van der Waals surface area contributed by atoms with E-state index < -0.39 is 23.9 Å². The first-order valence-electron chi connectivity index (χ1n) is 8.84. The lowest BCUT2D eigenvalue weighted by molar-refractivity contribution is -0.181. The zero-order chi connectivity index (χ0) is 20.2. The van der Waals surface area contributed by atoms with Gasteiger partial charge in [-0.2, -0.15) is 13.2 Å². The molecule has 0 saturated carbocycles. The average Bonchev–Trinajstić information content (AvgIpc) is 2.63. The standard InChI is InChI=1S/C18H25F5N4/c1-12(14-4-5-15(19)16(20)10-14)11-25-17(24-3)27-8-6-26(7-9-27)13(2)18(21,22)23/h4-5,10,12-13H,6-9,11H2,1-3H3,(H,24,25). The van der Waals surface area contributed by atoms with Crippen LogP contribution in [0.2, 0.25) is 0 Å². The third kappa shape index (κ3) is 5.54. The lowest BCUT2D eigenvalue weighted by atomic mass is 10.0. The fourth-order valence-electron chi connectivity index (χ4n) is 3.04. The molecule has 1 aliphatic heterocycles. The van der Waals surface area contributed by atoms with E-state index in [9.17, 15) is 22.0 Å². The van der Waals surface area contributed by atoms with Gasteiger partial charge in [-0.05, 0) is 30.5 Å². The molecular formula is C18H25F5N4. The maximum atomic E-state index is 13.4. The number of piperazine rings is 1. The number of guanidine groups is 1. The Bertz CT molecular complexity index is 654. The molecule has 1 fully saturated rings. The van der Waals surface area contributed by atoms with Gasteiger partial charge in [-0.15, -0.1) is 0 Å². The van der Waals surface area contributed by atoms with Gasteiger partial charge < -0.3 is 10.2 Å². The summed E-state index contributed by atoms with van der Waals surface area (Å²) in [4.78, 5) is 7.50. The highest BCUT2D eigenvalue weighted by Gasteiger charge is 2.41. The van der Waals surface area contributed by atoms with E-state index in [0.717, 1.165) is 6.07 Å². The van der Waals surface area contributed by atoms with Gasteiger partial charge in [-0.1, -0.05) is 13.0 Å². The van der Waals surface area contributed by atoms with Crippen LogP contribution >= 0.6 is 0 Å². The Morgan fingerprint density at radius 3 is 2.26 bits per heavy atom. The van der Waals surface area contributed by atoms with Crippen molar-refractivity contribution in [3.63, 3.8) is 0 Å². The molecule has 1 saturated heterocycles. The van der Waals surface area contributed by atoms with Crippen LogP contribution in [0.1, 0.15) is 25.3 Å². The van der Waals surface area contributed by atoms with Gasteiger partial charge in [-0.25, -0.2) is 8.78 Å². The predicted molar refractivity (Wildman–Crippen MR) is 94.8 cm³/mol. The van der Waals surface area contributed by atoms with E-state index in [-0.39, 0.29) is 5.92 Å². The van der Waals surface area contributed by atoms with Crippen LogP contribution in [0, 0.1) is 11.6 Å². The monoisotopic (exact) mass is 392 g/mol. The maximum Gasteiger partial charge on any atom is 0.403 e. The third-order valence-electron chi connectivity index (χ3n) is 4.93. The maximum absolute atomic E-state index is 13.4. The van der Waals surface area contributed by atoms with Crippen molar-refractivity contribution in [2.75, 3.05) is 39.8 Å². The molecule has 9 heteroatoms. The molecule has 27 heavy (non-hydrogen) atoms. The van der Waals surface area contributed by atoms with Crippen molar-refractivity contribution in [3.05, 3.63) is 35.4 Å². The molecule has 0 aromatic heterocycles. The van der Waals surface area contributed by atoms with Crippen LogP contribution in [0.25, 0.3) is 0 Å². The van der Waals surface area contributed by atoms with Crippen LogP contribution in [0.4, 0.5) is 22.0 Å². The molecule has 0 amide bonds. The number of aliphatic imine (C=N–C) groups is 1. The number of nitrogens with zero attached hydrogens (tertiary/aromatic N) is 3. The molecule has 1 aromatic carbocycles. The Morgan fingerprint density at radius 1 is 1.11 bits per heavy atom. The molecule has 0 bridgehead atoms. The summed E-state index contributed by atoms with van der Waals surface area (Å²) in [5, 5.41) is 3.16. The minimum absolute atomic E-state index is 0.0941. The molecule has 4 nitrogen and oxygen atoms in total. The van der Waals surface area contributed by atoms with Crippen LogP contribution in [-0.2, 0) is 0 Å². The van der Waals surface area contributed by atoms with Crippen molar-refractivity contribution in [2.24, 2.45) is 4.99 Å². The lowest BCUT2D eigenvalue weighted by Gasteiger charge is -2.39. The molecule has 2 unspecified atom stereocenters. The first-order valence-corrected chi connectivity index (χ1v) is 8.84. The Labute approximate surface area is 156 Å². The van der Waals surface area contributed by atoms with Crippen LogP contribution in [-0.4, -0.2) is 67.7 Å². The van der Waals surface area contributed by atoms with Gasteiger partial charge in [0.2, 0.25) is 0 Å². The van der Waals surface area contributed by atoms with Crippen LogP contribution < -0.4 is 5.32 Å². The molecule has 152 valence electrons. The van der Waals surface area contributed by atoms with E-state index in [1.54, 1.807) is 7.05 Å². The van der Waals surface area contributed by atoms with Gasteiger partial charge in [0.1, 0.15) is 6.04 Å². The number of benzene rings is 1. The quantitative estimate of drug-likeness (QED) is 0.485. The number of alkyl halides is 3. The van der Waals surface area contributed by atoms with Gasteiger partial charge in [-0.3, -0.25) is 9.89 Å². The summed E-state index contributed by atoms with van der Waals surface area (Å²) in [5.41, 5.74) is 0.653. The van der Waals surface area contributed by atoms with E-state index in [1.807, 2.05) is 11.8 Å². The molecule has 2 atom stereocenters. The lowest BCUT2D eigenvalue weighted by Crippen LogP contribution is -2.57. The van der Waals surface area contributed by atoms with Crippen molar-refractivity contribution < 1.29 is 22.0 Å². The molecule has 0 aliphatic carbocycles. The second-order valence-electron chi connectivity index (χ2n) is 6.74.